The van der Waals surface area contributed by atoms with E-state index in [1.807, 2.05) is 11.4 Å². The van der Waals surface area contributed by atoms with E-state index >= 15 is 0 Å². The molecule has 2 heterocycles. The van der Waals surface area contributed by atoms with Gasteiger partial charge in [0.25, 0.3) is 5.91 Å². The number of aryl methyl sites for hydroxylation is 1. The Morgan fingerprint density at radius 2 is 2.07 bits per heavy atom. The predicted octanol–water partition coefficient (Wildman–Crippen LogP) is 2.41. The van der Waals surface area contributed by atoms with E-state index in [1.54, 1.807) is 11.3 Å². The van der Waals surface area contributed by atoms with Gasteiger partial charge in [-0.2, -0.15) is 0 Å². The number of aliphatic hydroxyl groups is 1. The Labute approximate surface area is 159 Å². The molecule has 1 fully saturated rings. The number of urea groups is 1. The molecule has 1 aromatic heterocycles. The Hall–Kier alpha value is -2.45. The number of amides is 3. The number of carbonyl (C=O) groups is 2. The van der Waals surface area contributed by atoms with Crippen LogP contribution in [0.2, 0.25) is 0 Å². The third-order valence-corrected chi connectivity index (χ3v) is 5.97. The van der Waals surface area contributed by atoms with Crippen molar-refractivity contribution in [1.29, 1.82) is 0 Å². The van der Waals surface area contributed by atoms with Crippen LogP contribution in [-0.4, -0.2) is 41.2 Å². The highest BCUT2D eigenvalue weighted by Crippen LogP contribution is 2.42. The van der Waals surface area contributed by atoms with Crippen LogP contribution in [0.1, 0.15) is 23.3 Å². The van der Waals surface area contributed by atoms with Gasteiger partial charge in [-0.05, 0) is 55.0 Å². The number of benzene rings is 1. The number of halogens is 1. The van der Waals surface area contributed by atoms with Crippen LogP contribution in [0.25, 0.3) is 0 Å². The number of fused-ring (bicyclic) bond motifs is 2. The third-order valence-electron chi connectivity index (χ3n) is 4.99. The van der Waals surface area contributed by atoms with Gasteiger partial charge in [-0.25, -0.2) is 9.18 Å². The zero-order valence-corrected chi connectivity index (χ0v) is 15.3. The van der Waals surface area contributed by atoms with Crippen LogP contribution in [0.15, 0.2) is 35.7 Å². The molecule has 1 saturated heterocycles. The van der Waals surface area contributed by atoms with E-state index in [4.69, 9.17) is 4.74 Å². The van der Waals surface area contributed by atoms with Crippen molar-refractivity contribution in [1.82, 2.24) is 10.2 Å². The van der Waals surface area contributed by atoms with Crippen LogP contribution in [0.5, 0.6) is 5.75 Å². The van der Waals surface area contributed by atoms with Gasteiger partial charge in [-0.3, -0.25) is 9.69 Å². The van der Waals surface area contributed by atoms with E-state index < -0.39 is 17.7 Å². The summed E-state index contributed by atoms with van der Waals surface area (Å²) in [6.07, 6.45) is 1.24. The fraction of sp³-hybridized carbons (Fsp3) is 0.368. The fourth-order valence-electron chi connectivity index (χ4n) is 3.69. The highest BCUT2D eigenvalue weighted by Gasteiger charge is 2.54. The van der Waals surface area contributed by atoms with E-state index in [0.29, 0.717) is 12.2 Å². The minimum atomic E-state index is -1.05. The SMILES string of the molecule is O=C1N[C@@]2(CCCc3sccc32)C(=O)N1C[C@@H](O)COc1ccc(F)cc1. The first-order valence-electron chi connectivity index (χ1n) is 8.77. The normalized spacial score (nSPS) is 22.7. The molecule has 8 heteroatoms. The van der Waals surface area contributed by atoms with E-state index in [9.17, 15) is 19.1 Å². The molecule has 4 rings (SSSR count). The second-order valence-corrected chi connectivity index (χ2v) is 7.78. The summed E-state index contributed by atoms with van der Waals surface area (Å²) in [5.41, 5.74) is -0.140. The van der Waals surface area contributed by atoms with Gasteiger partial charge in [0.15, 0.2) is 0 Å². The highest BCUT2D eigenvalue weighted by molar-refractivity contribution is 7.10. The first kappa shape index (κ1) is 17.9. The Morgan fingerprint density at radius 1 is 1.30 bits per heavy atom. The van der Waals surface area contributed by atoms with Crippen molar-refractivity contribution in [2.75, 3.05) is 13.2 Å². The van der Waals surface area contributed by atoms with Gasteiger partial charge in [0.1, 0.15) is 29.8 Å². The molecule has 27 heavy (non-hydrogen) atoms. The molecule has 0 unspecified atom stereocenters. The Kier molecular flexibility index (Phi) is 4.61. The second kappa shape index (κ2) is 6.94. The lowest BCUT2D eigenvalue weighted by Gasteiger charge is -2.31. The lowest BCUT2D eigenvalue weighted by molar-refractivity contribution is -0.133. The molecule has 6 nitrogen and oxygen atoms in total. The number of nitrogens with zero attached hydrogens (tertiary/aromatic N) is 1. The topological polar surface area (TPSA) is 78.9 Å². The first-order valence-corrected chi connectivity index (χ1v) is 9.65. The Bertz CT molecular complexity index is 869. The standard InChI is InChI=1S/C19H19FN2O4S/c20-12-3-5-14(6-4-12)26-11-13(23)10-22-17(24)19(21-18(22)25)8-1-2-16-15(19)7-9-27-16/h3-7,9,13,23H,1-2,8,10-11H2,(H,21,25)/t13-,19-/m1/s1. The quantitative estimate of drug-likeness (QED) is 0.769. The number of thiophene rings is 1. The van der Waals surface area contributed by atoms with Gasteiger partial charge in [0, 0.05) is 10.4 Å². The number of imide groups is 1. The van der Waals surface area contributed by atoms with Gasteiger partial charge >= 0.3 is 6.03 Å². The van der Waals surface area contributed by atoms with Crippen molar-refractivity contribution < 1.29 is 23.8 Å². The average molecular weight is 390 g/mol. The molecule has 2 aromatic rings. The molecule has 1 spiro atoms. The lowest BCUT2D eigenvalue weighted by atomic mass is 9.80. The van der Waals surface area contributed by atoms with E-state index in [0.717, 1.165) is 28.2 Å². The van der Waals surface area contributed by atoms with Crippen LogP contribution >= 0.6 is 11.3 Å². The molecule has 142 valence electrons. The molecule has 1 aliphatic carbocycles. The number of nitrogens with one attached hydrogen (secondary N) is 1. The van der Waals surface area contributed by atoms with Crippen molar-refractivity contribution in [3.8, 4) is 5.75 Å². The van der Waals surface area contributed by atoms with Crippen molar-refractivity contribution >= 4 is 23.3 Å². The Balaban J connectivity index is 1.43. The smallest absolute Gasteiger partial charge is 0.325 e. The summed E-state index contributed by atoms with van der Waals surface area (Å²) in [6.45, 7) is -0.271. The summed E-state index contributed by atoms with van der Waals surface area (Å²) >= 11 is 1.59. The van der Waals surface area contributed by atoms with Crippen LogP contribution in [0.3, 0.4) is 0 Å². The molecule has 0 saturated carbocycles. The van der Waals surface area contributed by atoms with Crippen LogP contribution in [-0.2, 0) is 16.8 Å². The molecular weight excluding hydrogens is 371 g/mol. The summed E-state index contributed by atoms with van der Waals surface area (Å²) in [4.78, 5) is 27.7. The highest BCUT2D eigenvalue weighted by atomic mass is 32.1. The summed E-state index contributed by atoms with van der Waals surface area (Å²) < 4.78 is 18.3. The van der Waals surface area contributed by atoms with Crippen molar-refractivity contribution in [3.63, 3.8) is 0 Å². The van der Waals surface area contributed by atoms with E-state index in [2.05, 4.69) is 5.32 Å². The summed E-state index contributed by atoms with van der Waals surface area (Å²) in [5.74, 6) is -0.306. The average Bonchev–Trinajstić information content (AvgIpc) is 3.22. The zero-order chi connectivity index (χ0) is 19.0. The summed E-state index contributed by atoms with van der Waals surface area (Å²) in [5, 5.41) is 15.0. The van der Waals surface area contributed by atoms with Crippen LogP contribution in [0.4, 0.5) is 9.18 Å². The molecule has 2 aliphatic rings. The molecule has 1 aromatic carbocycles. The van der Waals surface area contributed by atoms with Crippen molar-refractivity contribution in [2.45, 2.75) is 30.9 Å². The largest absolute Gasteiger partial charge is 0.491 e. The zero-order valence-electron chi connectivity index (χ0n) is 14.5. The van der Waals surface area contributed by atoms with Gasteiger partial charge in [-0.15, -0.1) is 11.3 Å². The van der Waals surface area contributed by atoms with Crippen LogP contribution in [0, 0.1) is 5.82 Å². The van der Waals surface area contributed by atoms with Crippen molar-refractivity contribution in [2.24, 2.45) is 0 Å². The minimum absolute atomic E-state index is 0.112. The molecule has 2 atom stereocenters. The molecule has 0 radical (unpaired) electrons. The monoisotopic (exact) mass is 390 g/mol. The van der Waals surface area contributed by atoms with Gasteiger partial charge < -0.3 is 15.2 Å². The second-order valence-electron chi connectivity index (χ2n) is 6.78. The molecule has 2 N–H and O–H groups in total. The number of carbonyl (C=O) groups excluding carboxylic acids is 2. The van der Waals surface area contributed by atoms with Crippen molar-refractivity contribution in [3.05, 3.63) is 52.0 Å². The number of hydrogen-bond acceptors (Lipinski definition) is 5. The summed E-state index contributed by atoms with van der Waals surface area (Å²) in [6, 6.07) is 6.80. The number of aliphatic hydroxyl groups excluding tert-OH is 1. The van der Waals surface area contributed by atoms with E-state index in [1.165, 1.54) is 24.3 Å². The maximum absolute atomic E-state index is 13.1. The van der Waals surface area contributed by atoms with E-state index in [-0.39, 0.29) is 24.9 Å². The number of β-amino-alcohol motifs (C(OH)–C–C–N with tert-alkyl or cyclic N) is 1. The van der Waals surface area contributed by atoms with Gasteiger partial charge in [-0.1, -0.05) is 0 Å². The first-order chi connectivity index (χ1) is 13.0. The molecule has 1 aliphatic heterocycles. The molecular formula is C19H19FN2O4S. The third kappa shape index (κ3) is 3.19. The number of rotatable bonds is 5. The number of ether oxygens (including phenoxy) is 1. The predicted molar refractivity (Wildman–Crippen MR) is 97.1 cm³/mol. The maximum Gasteiger partial charge on any atom is 0.325 e. The molecule has 0 bridgehead atoms. The van der Waals surface area contributed by atoms with Gasteiger partial charge in [0.05, 0.1) is 6.54 Å². The Morgan fingerprint density at radius 3 is 2.85 bits per heavy atom. The van der Waals surface area contributed by atoms with Gasteiger partial charge in [0.2, 0.25) is 0 Å². The molecule has 3 amide bonds. The summed E-state index contributed by atoms with van der Waals surface area (Å²) in [7, 11) is 0. The fourth-order valence-corrected chi connectivity index (χ4v) is 4.69. The minimum Gasteiger partial charge on any atom is -0.491 e. The lowest BCUT2D eigenvalue weighted by Crippen LogP contribution is -2.46. The number of hydrogen-bond donors (Lipinski definition) is 2. The maximum atomic E-state index is 13.1. The van der Waals surface area contributed by atoms with Crippen LogP contribution < -0.4 is 10.1 Å².